The van der Waals surface area contributed by atoms with Gasteiger partial charge in [0, 0.05) is 17.5 Å². The molecule has 0 atom stereocenters. The van der Waals surface area contributed by atoms with Gasteiger partial charge in [-0.1, -0.05) is 23.7 Å². The van der Waals surface area contributed by atoms with Crippen molar-refractivity contribution in [1.82, 2.24) is 4.98 Å². The number of carbonyl (C=O) groups excluding carboxylic acids is 1. The van der Waals surface area contributed by atoms with E-state index < -0.39 is 5.82 Å². The molecule has 1 aromatic carbocycles. The van der Waals surface area contributed by atoms with Gasteiger partial charge in [0.2, 0.25) is 0 Å². The van der Waals surface area contributed by atoms with E-state index in [-0.39, 0.29) is 22.8 Å². The Kier molecular flexibility index (Phi) is 3.72. The Hall–Kier alpha value is -1.74. The lowest BCUT2D eigenvalue weighted by Crippen LogP contribution is -2.06. The monoisotopic (exact) mass is 263 g/mol. The van der Waals surface area contributed by atoms with Crippen LogP contribution in [0.25, 0.3) is 0 Å². The van der Waals surface area contributed by atoms with Crippen molar-refractivity contribution in [2.45, 2.75) is 13.3 Å². The highest BCUT2D eigenvalue weighted by Gasteiger charge is 2.14. The fourth-order valence-corrected chi connectivity index (χ4v) is 1.81. The summed E-state index contributed by atoms with van der Waals surface area (Å²) in [6.45, 7) is 1.92. The second-order valence-electron chi connectivity index (χ2n) is 4.03. The maximum absolute atomic E-state index is 13.2. The first-order chi connectivity index (χ1) is 8.58. The van der Waals surface area contributed by atoms with Crippen molar-refractivity contribution in [2.75, 3.05) is 0 Å². The molecule has 0 radical (unpaired) electrons. The summed E-state index contributed by atoms with van der Waals surface area (Å²) < 4.78 is 13.2. The number of Topliss-reactive ketones (excluding diaryl/α,β-unsaturated/α-hetero) is 1. The molecule has 0 bridgehead atoms. The number of ketones is 1. The molecule has 0 aliphatic heterocycles. The molecular weight excluding hydrogens is 253 g/mol. The molecule has 4 heteroatoms. The summed E-state index contributed by atoms with van der Waals surface area (Å²) in [5, 5.41) is -0.130. The van der Waals surface area contributed by atoms with Gasteiger partial charge in [-0.3, -0.25) is 9.78 Å². The molecule has 1 aromatic heterocycles. The second-order valence-corrected chi connectivity index (χ2v) is 4.41. The maximum atomic E-state index is 13.2. The van der Waals surface area contributed by atoms with E-state index in [9.17, 15) is 9.18 Å². The molecule has 0 amide bonds. The number of hydrogen-bond donors (Lipinski definition) is 0. The van der Waals surface area contributed by atoms with Gasteiger partial charge in [0.15, 0.2) is 5.78 Å². The van der Waals surface area contributed by atoms with Crippen LogP contribution in [0, 0.1) is 12.7 Å². The van der Waals surface area contributed by atoms with E-state index in [1.807, 2.05) is 13.0 Å². The van der Waals surface area contributed by atoms with Crippen LogP contribution in [0.3, 0.4) is 0 Å². The fourth-order valence-electron chi connectivity index (χ4n) is 1.58. The van der Waals surface area contributed by atoms with Crippen LogP contribution in [-0.4, -0.2) is 10.8 Å². The van der Waals surface area contributed by atoms with Crippen LogP contribution in [0.15, 0.2) is 36.5 Å². The van der Waals surface area contributed by atoms with Crippen molar-refractivity contribution in [3.8, 4) is 0 Å². The molecule has 0 saturated carbocycles. The van der Waals surface area contributed by atoms with Gasteiger partial charge in [0.25, 0.3) is 0 Å². The summed E-state index contributed by atoms with van der Waals surface area (Å²) in [6, 6.07) is 7.87. The topological polar surface area (TPSA) is 30.0 Å². The molecule has 0 fully saturated rings. The normalized spacial score (nSPS) is 10.4. The van der Waals surface area contributed by atoms with Crippen LogP contribution in [0.4, 0.5) is 4.39 Å². The molecule has 2 rings (SSSR count). The summed E-state index contributed by atoms with van der Waals surface area (Å²) >= 11 is 5.76. The minimum Gasteiger partial charge on any atom is -0.294 e. The molecule has 1 heterocycles. The zero-order valence-electron chi connectivity index (χ0n) is 9.78. The highest BCUT2D eigenvalue weighted by atomic mass is 35.5. The largest absolute Gasteiger partial charge is 0.294 e. The number of carbonyl (C=O) groups is 1. The Balaban J connectivity index is 2.22. The van der Waals surface area contributed by atoms with Crippen LogP contribution in [0.1, 0.15) is 21.6 Å². The average molecular weight is 264 g/mol. The first-order valence-corrected chi connectivity index (χ1v) is 5.84. The Morgan fingerprint density at radius 3 is 2.78 bits per heavy atom. The van der Waals surface area contributed by atoms with Gasteiger partial charge in [-0.15, -0.1) is 0 Å². The number of nitrogens with zero attached hydrogens (tertiary/aromatic N) is 1. The smallest absolute Gasteiger partial charge is 0.170 e. The highest BCUT2D eigenvalue weighted by molar-refractivity contribution is 6.34. The van der Waals surface area contributed by atoms with Crippen molar-refractivity contribution in [3.63, 3.8) is 0 Å². The van der Waals surface area contributed by atoms with E-state index in [1.54, 1.807) is 12.3 Å². The van der Waals surface area contributed by atoms with Crippen molar-refractivity contribution < 1.29 is 9.18 Å². The van der Waals surface area contributed by atoms with Gasteiger partial charge in [0.1, 0.15) is 5.82 Å². The second kappa shape index (κ2) is 5.27. The quantitative estimate of drug-likeness (QED) is 0.792. The Morgan fingerprint density at radius 2 is 2.11 bits per heavy atom. The third-order valence-electron chi connectivity index (χ3n) is 2.57. The zero-order valence-corrected chi connectivity index (χ0v) is 10.5. The summed E-state index contributed by atoms with van der Waals surface area (Å²) in [5.41, 5.74) is 1.86. The Labute approximate surface area is 109 Å². The van der Waals surface area contributed by atoms with Crippen LogP contribution < -0.4 is 0 Å². The number of hydrogen-bond acceptors (Lipinski definition) is 2. The third-order valence-corrected chi connectivity index (χ3v) is 2.95. The van der Waals surface area contributed by atoms with Crippen molar-refractivity contribution >= 4 is 17.4 Å². The number of aryl methyl sites for hydroxylation is 1. The third kappa shape index (κ3) is 2.74. The van der Waals surface area contributed by atoms with E-state index in [1.165, 1.54) is 18.2 Å². The number of aromatic nitrogens is 1. The van der Waals surface area contributed by atoms with E-state index in [2.05, 4.69) is 4.98 Å². The summed E-state index contributed by atoms with van der Waals surface area (Å²) in [4.78, 5) is 16.1. The molecule has 18 heavy (non-hydrogen) atoms. The van der Waals surface area contributed by atoms with E-state index >= 15 is 0 Å². The molecule has 2 aromatic rings. The highest BCUT2D eigenvalue weighted by Crippen LogP contribution is 2.21. The van der Waals surface area contributed by atoms with Crippen molar-refractivity contribution in [1.29, 1.82) is 0 Å². The van der Waals surface area contributed by atoms with Gasteiger partial charge >= 0.3 is 0 Å². The lowest BCUT2D eigenvalue weighted by atomic mass is 10.1. The van der Waals surface area contributed by atoms with Crippen LogP contribution >= 0.6 is 11.6 Å². The SMILES string of the molecule is Cc1ccc(CC(=O)c2cccc(F)c2Cl)nc1. The van der Waals surface area contributed by atoms with Gasteiger partial charge in [-0.05, 0) is 30.7 Å². The molecule has 0 saturated heterocycles. The van der Waals surface area contributed by atoms with Crippen LogP contribution in [0.5, 0.6) is 0 Å². The predicted octanol–water partition coefficient (Wildman–Crippen LogP) is 3.61. The molecule has 0 N–H and O–H groups in total. The van der Waals surface area contributed by atoms with Gasteiger partial charge in [-0.25, -0.2) is 4.39 Å². The van der Waals surface area contributed by atoms with Crippen molar-refractivity contribution in [2.24, 2.45) is 0 Å². The molecule has 0 spiro atoms. The molecule has 92 valence electrons. The first-order valence-electron chi connectivity index (χ1n) is 5.46. The van der Waals surface area contributed by atoms with E-state index in [0.717, 1.165) is 5.56 Å². The number of halogens is 2. The fraction of sp³-hybridized carbons (Fsp3) is 0.143. The van der Waals surface area contributed by atoms with Gasteiger partial charge in [0.05, 0.1) is 11.4 Å². The zero-order chi connectivity index (χ0) is 13.1. The Morgan fingerprint density at radius 1 is 1.33 bits per heavy atom. The minimum absolute atomic E-state index is 0.115. The molecule has 0 unspecified atom stereocenters. The molecule has 2 nitrogen and oxygen atoms in total. The summed E-state index contributed by atoms with van der Waals surface area (Å²) in [5.74, 6) is -0.824. The van der Waals surface area contributed by atoms with E-state index in [4.69, 9.17) is 11.6 Å². The first kappa shape index (κ1) is 12.7. The van der Waals surface area contributed by atoms with Crippen molar-refractivity contribution in [3.05, 3.63) is 64.2 Å². The number of pyridine rings is 1. The predicted molar refractivity (Wildman–Crippen MR) is 68.4 cm³/mol. The summed E-state index contributed by atoms with van der Waals surface area (Å²) in [6.07, 6.45) is 1.80. The Bertz CT molecular complexity index is 581. The lowest BCUT2D eigenvalue weighted by molar-refractivity contribution is 0.0991. The molecular formula is C14H11ClFNO. The maximum Gasteiger partial charge on any atom is 0.170 e. The standard InChI is InChI=1S/C14H11ClFNO/c1-9-5-6-10(17-8-9)7-13(18)11-3-2-4-12(16)14(11)15/h2-6,8H,7H2,1H3. The van der Waals surface area contributed by atoms with Crippen LogP contribution in [0.2, 0.25) is 5.02 Å². The van der Waals surface area contributed by atoms with Crippen LogP contribution in [-0.2, 0) is 6.42 Å². The number of benzene rings is 1. The van der Waals surface area contributed by atoms with E-state index in [0.29, 0.717) is 5.69 Å². The lowest BCUT2D eigenvalue weighted by Gasteiger charge is -2.04. The molecule has 0 aliphatic rings. The average Bonchev–Trinajstić information content (AvgIpc) is 2.35. The van der Waals surface area contributed by atoms with Gasteiger partial charge in [-0.2, -0.15) is 0 Å². The molecule has 0 aliphatic carbocycles. The minimum atomic E-state index is -0.584. The van der Waals surface area contributed by atoms with Gasteiger partial charge < -0.3 is 0 Å². The number of rotatable bonds is 3. The summed E-state index contributed by atoms with van der Waals surface area (Å²) in [7, 11) is 0.